The highest BCUT2D eigenvalue weighted by Crippen LogP contribution is 2.24. The molecule has 3 rings (SSSR count). The Morgan fingerprint density at radius 2 is 2.10 bits per heavy atom. The lowest BCUT2D eigenvalue weighted by Crippen LogP contribution is -2.03. The van der Waals surface area contributed by atoms with Crippen molar-refractivity contribution >= 4 is 5.69 Å². The van der Waals surface area contributed by atoms with Crippen molar-refractivity contribution in [1.82, 2.24) is 25.1 Å². The molecular formula is C14H14N6. The minimum Gasteiger partial charge on any atom is -0.379 e. The van der Waals surface area contributed by atoms with E-state index in [1.165, 1.54) is 0 Å². The van der Waals surface area contributed by atoms with Gasteiger partial charge in [0.2, 0.25) is 0 Å². The Labute approximate surface area is 116 Å². The predicted octanol–water partition coefficient (Wildman–Crippen LogP) is 2.18. The van der Waals surface area contributed by atoms with Crippen LogP contribution in [-0.4, -0.2) is 25.1 Å². The molecule has 2 aromatic heterocycles. The van der Waals surface area contributed by atoms with Crippen LogP contribution in [0.25, 0.3) is 11.4 Å². The number of aryl methyl sites for hydroxylation is 1. The maximum Gasteiger partial charge on any atom is 0.183 e. The zero-order chi connectivity index (χ0) is 13.8. The molecule has 0 saturated heterocycles. The zero-order valence-electron chi connectivity index (χ0n) is 11.0. The number of H-pyrrole nitrogens is 1. The van der Waals surface area contributed by atoms with Gasteiger partial charge in [-0.15, -0.1) is 0 Å². The second-order valence-corrected chi connectivity index (χ2v) is 4.34. The minimum absolute atomic E-state index is 0.628. The molecule has 6 heteroatoms. The first-order valence-corrected chi connectivity index (χ1v) is 6.30. The largest absolute Gasteiger partial charge is 0.379 e. The van der Waals surface area contributed by atoms with E-state index in [1.807, 2.05) is 37.3 Å². The van der Waals surface area contributed by atoms with Gasteiger partial charge in [0.1, 0.15) is 12.2 Å². The van der Waals surface area contributed by atoms with E-state index < -0.39 is 0 Å². The molecule has 0 bridgehead atoms. The van der Waals surface area contributed by atoms with E-state index in [-0.39, 0.29) is 0 Å². The predicted molar refractivity (Wildman–Crippen MR) is 75.9 cm³/mol. The molecule has 0 aliphatic rings. The Morgan fingerprint density at radius 1 is 1.20 bits per heavy atom. The van der Waals surface area contributed by atoms with Crippen LogP contribution in [0.15, 0.2) is 42.9 Å². The molecule has 0 amide bonds. The molecule has 3 aromatic rings. The summed E-state index contributed by atoms with van der Waals surface area (Å²) in [4.78, 5) is 12.5. The monoisotopic (exact) mass is 266 g/mol. The number of nitrogens with zero attached hydrogens (tertiary/aromatic N) is 4. The quantitative estimate of drug-likeness (QED) is 0.756. The van der Waals surface area contributed by atoms with Crippen LogP contribution in [0.3, 0.4) is 0 Å². The molecule has 2 heterocycles. The molecule has 20 heavy (non-hydrogen) atoms. The lowest BCUT2D eigenvalue weighted by Gasteiger charge is -2.09. The van der Waals surface area contributed by atoms with Gasteiger partial charge in [-0.3, -0.25) is 5.10 Å². The standard InChI is InChI=1S/C14H14N6/c1-10-18-14(20-19-10)12-4-2-3-5-13(12)16-8-11-6-7-15-9-17-11/h2-7,9,16H,8H2,1H3,(H,18,19,20). The smallest absolute Gasteiger partial charge is 0.183 e. The summed E-state index contributed by atoms with van der Waals surface area (Å²) in [7, 11) is 0. The van der Waals surface area contributed by atoms with Gasteiger partial charge in [-0.25, -0.2) is 15.0 Å². The third-order valence-electron chi connectivity index (χ3n) is 2.87. The molecule has 0 spiro atoms. The van der Waals surface area contributed by atoms with Crippen molar-refractivity contribution in [2.45, 2.75) is 13.5 Å². The lowest BCUT2D eigenvalue weighted by molar-refractivity contribution is 1.01. The van der Waals surface area contributed by atoms with Crippen molar-refractivity contribution in [1.29, 1.82) is 0 Å². The highest BCUT2D eigenvalue weighted by Gasteiger charge is 2.08. The summed E-state index contributed by atoms with van der Waals surface area (Å²) in [6, 6.07) is 9.82. The summed E-state index contributed by atoms with van der Waals surface area (Å²) < 4.78 is 0. The number of hydrogen-bond acceptors (Lipinski definition) is 5. The highest BCUT2D eigenvalue weighted by molar-refractivity contribution is 5.73. The third-order valence-corrected chi connectivity index (χ3v) is 2.87. The Balaban J connectivity index is 1.83. The molecule has 6 nitrogen and oxygen atoms in total. The molecular weight excluding hydrogens is 252 g/mol. The number of anilines is 1. The summed E-state index contributed by atoms with van der Waals surface area (Å²) >= 11 is 0. The first-order chi connectivity index (χ1) is 9.83. The average molecular weight is 266 g/mol. The maximum absolute atomic E-state index is 4.36. The van der Waals surface area contributed by atoms with Crippen molar-refractivity contribution in [2.75, 3.05) is 5.32 Å². The van der Waals surface area contributed by atoms with Crippen LogP contribution in [0.4, 0.5) is 5.69 Å². The van der Waals surface area contributed by atoms with Crippen LogP contribution < -0.4 is 5.32 Å². The SMILES string of the molecule is Cc1nc(-c2ccccc2NCc2ccncn2)n[nH]1. The van der Waals surface area contributed by atoms with E-state index in [9.17, 15) is 0 Å². The normalized spacial score (nSPS) is 10.4. The van der Waals surface area contributed by atoms with E-state index in [0.29, 0.717) is 12.4 Å². The van der Waals surface area contributed by atoms with Crippen LogP contribution in [0.2, 0.25) is 0 Å². The van der Waals surface area contributed by atoms with Crippen molar-refractivity contribution in [3.8, 4) is 11.4 Å². The molecule has 0 aliphatic carbocycles. The average Bonchev–Trinajstić information content (AvgIpc) is 2.93. The first-order valence-electron chi connectivity index (χ1n) is 6.30. The van der Waals surface area contributed by atoms with Gasteiger partial charge in [-0.2, -0.15) is 5.10 Å². The molecule has 0 radical (unpaired) electrons. The van der Waals surface area contributed by atoms with Crippen molar-refractivity contribution < 1.29 is 0 Å². The fraction of sp³-hybridized carbons (Fsp3) is 0.143. The Morgan fingerprint density at radius 3 is 2.85 bits per heavy atom. The second kappa shape index (κ2) is 5.48. The summed E-state index contributed by atoms with van der Waals surface area (Å²) in [5, 5.41) is 10.4. The lowest BCUT2D eigenvalue weighted by atomic mass is 10.1. The van der Waals surface area contributed by atoms with Gasteiger partial charge in [0.25, 0.3) is 0 Å². The summed E-state index contributed by atoms with van der Waals surface area (Å²) in [6.07, 6.45) is 3.27. The van der Waals surface area contributed by atoms with Gasteiger partial charge in [-0.1, -0.05) is 12.1 Å². The molecule has 0 saturated carbocycles. The van der Waals surface area contributed by atoms with Crippen molar-refractivity contribution in [3.05, 3.63) is 54.4 Å². The van der Waals surface area contributed by atoms with Gasteiger partial charge >= 0.3 is 0 Å². The molecule has 0 fully saturated rings. The fourth-order valence-electron chi connectivity index (χ4n) is 1.90. The molecule has 0 atom stereocenters. The minimum atomic E-state index is 0.628. The number of rotatable bonds is 4. The van der Waals surface area contributed by atoms with Crippen molar-refractivity contribution in [3.63, 3.8) is 0 Å². The Bertz CT molecular complexity index is 692. The number of aromatic nitrogens is 5. The van der Waals surface area contributed by atoms with Crippen LogP contribution in [0, 0.1) is 6.92 Å². The van der Waals surface area contributed by atoms with Crippen LogP contribution in [-0.2, 0) is 6.54 Å². The van der Waals surface area contributed by atoms with E-state index in [4.69, 9.17) is 0 Å². The first kappa shape index (κ1) is 12.3. The van der Waals surface area contributed by atoms with Crippen molar-refractivity contribution in [2.24, 2.45) is 0 Å². The molecule has 100 valence electrons. The van der Waals surface area contributed by atoms with Crippen LogP contribution >= 0.6 is 0 Å². The Kier molecular flexibility index (Phi) is 3.36. The topological polar surface area (TPSA) is 79.4 Å². The summed E-state index contributed by atoms with van der Waals surface area (Å²) in [6.45, 7) is 2.51. The van der Waals surface area contributed by atoms with Gasteiger partial charge in [0.05, 0.1) is 12.2 Å². The number of aromatic amines is 1. The van der Waals surface area contributed by atoms with Gasteiger partial charge in [0.15, 0.2) is 5.82 Å². The molecule has 1 aromatic carbocycles. The van der Waals surface area contributed by atoms with Gasteiger partial charge < -0.3 is 5.32 Å². The maximum atomic E-state index is 4.36. The van der Waals surface area contributed by atoms with Crippen LogP contribution in [0.1, 0.15) is 11.5 Å². The fourth-order valence-corrected chi connectivity index (χ4v) is 1.90. The molecule has 0 unspecified atom stereocenters. The van der Waals surface area contributed by atoms with Crippen LogP contribution in [0.5, 0.6) is 0 Å². The molecule has 2 N–H and O–H groups in total. The van der Waals surface area contributed by atoms with E-state index in [2.05, 4.69) is 30.5 Å². The highest BCUT2D eigenvalue weighted by atomic mass is 15.2. The zero-order valence-corrected chi connectivity index (χ0v) is 11.0. The number of para-hydroxylation sites is 1. The number of nitrogens with one attached hydrogen (secondary N) is 2. The van der Waals surface area contributed by atoms with Gasteiger partial charge in [0, 0.05) is 17.4 Å². The van der Waals surface area contributed by atoms with Gasteiger partial charge in [-0.05, 0) is 25.1 Å². The number of hydrogen-bond donors (Lipinski definition) is 2. The third kappa shape index (κ3) is 2.64. The summed E-state index contributed by atoms with van der Waals surface area (Å²) in [5.41, 5.74) is 2.87. The van der Waals surface area contributed by atoms with E-state index in [0.717, 1.165) is 22.8 Å². The number of benzene rings is 1. The second-order valence-electron chi connectivity index (χ2n) is 4.34. The Hall–Kier alpha value is -2.76. The summed E-state index contributed by atoms with van der Waals surface area (Å²) in [5.74, 6) is 1.49. The molecule has 0 aliphatic heterocycles. The van der Waals surface area contributed by atoms with E-state index >= 15 is 0 Å². The van der Waals surface area contributed by atoms with E-state index in [1.54, 1.807) is 12.5 Å².